The Bertz CT molecular complexity index is 1560. The van der Waals surface area contributed by atoms with Crippen LogP contribution in [-0.4, -0.2) is 81.2 Å². The number of nitrogens with zero attached hydrogens (tertiary/aromatic N) is 4. The third-order valence-electron chi connectivity index (χ3n) is 12.2. The zero-order valence-corrected chi connectivity index (χ0v) is 26.9. The highest BCUT2D eigenvalue weighted by Gasteiger charge is 2.42. The maximum Gasteiger partial charge on any atom is 0.0628 e. The van der Waals surface area contributed by atoms with E-state index < -0.39 is 0 Å². The maximum absolute atomic E-state index is 3.78. The third-order valence-corrected chi connectivity index (χ3v) is 12.2. The first kappa shape index (κ1) is 27.7. The standard InChI is InChI=1S/2C19H25N3/c2*1-13-5-6-16-15(12-13)14-7-11-22-17(19(14)20-16)8-10-21-9-3-2-4-18(21)22/h2*5-6,12,17-18,20H,2-4,7-11H2,1H3/t2*17-,18-/m10/s1. The van der Waals surface area contributed by atoms with Gasteiger partial charge in [0.25, 0.3) is 0 Å². The van der Waals surface area contributed by atoms with Gasteiger partial charge in [-0.05, 0) is 127 Å². The van der Waals surface area contributed by atoms with Crippen LogP contribution in [0.5, 0.6) is 0 Å². The van der Waals surface area contributed by atoms with Crippen LogP contribution in [0.4, 0.5) is 0 Å². The lowest BCUT2D eigenvalue weighted by Gasteiger charge is -2.52. The van der Waals surface area contributed by atoms with Crippen LogP contribution in [0.15, 0.2) is 36.4 Å². The molecule has 4 atom stereocenters. The summed E-state index contributed by atoms with van der Waals surface area (Å²) in [7, 11) is 0. The van der Waals surface area contributed by atoms with Crippen LogP contribution in [0, 0.1) is 13.8 Å². The van der Waals surface area contributed by atoms with Crippen molar-refractivity contribution in [2.75, 3.05) is 39.3 Å². The summed E-state index contributed by atoms with van der Waals surface area (Å²) < 4.78 is 0. The van der Waals surface area contributed by atoms with Crippen molar-refractivity contribution in [1.82, 2.24) is 29.6 Å². The number of rotatable bonds is 0. The molecule has 0 amide bonds. The fourth-order valence-corrected chi connectivity index (χ4v) is 10.1. The van der Waals surface area contributed by atoms with Crippen LogP contribution >= 0.6 is 0 Å². The van der Waals surface area contributed by atoms with Gasteiger partial charge in [0.2, 0.25) is 0 Å². The van der Waals surface area contributed by atoms with Crippen molar-refractivity contribution in [2.24, 2.45) is 0 Å². The second-order valence-corrected chi connectivity index (χ2v) is 14.7. The van der Waals surface area contributed by atoms with Crippen LogP contribution in [0.25, 0.3) is 21.8 Å². The van der Waals surface area contributed by atoms with Gasteiger partial charge in [0.1, 0.15) is 0 Å². The van der Waals surface area contributed by atoms with Crippen LogP contribution in [0.3, 0.4) is 0 Å². The molecular weight excluding hydrogens is 540 g/mol. The van der Waals surface area contributed by atoms with Gasteiger partial charge in [-0.1, -0.05) is 23.3 Å². The summed E-state index contributed by atoms with van der Waals surface area (Å²) in [6.45, 7) is 12.1. The molecule has 2 aromatic carbocycles. The predicted octanol–water partition coefficient (Wildman–Crippen LogP) is 7.18. The van der Waals surface area contributed by atoms with Gasteiger partial charge in [0.15, 0.2) is 0 Å². The quantitative estimate of drug-likeness (QED) is 0.228. The molecular formula is C38H50N6. The van der Waals surface area contributed by atoms with Gasteiger partial charge in [0.05, 0.1) is 24.4 Å². The SMILES string of the molecule is Cc1ccc2[nH]c3c(c2c1)CCN1[C@@H]3CCN2CCCC[C@H]21.Cc1ccc2[nH]c3c(c2c1)CCN1[C@H]3CCN2CCCC[C@@H]21. The molecule has 6 nitrogen and oxygen atoms in total. The van der Waals surface area contributed by atoms with E-state index >= 15 is 0 Å². The molecule has 4 aromatic rings. The third kappa shape index (κ3) is 4.51. The molecule has 0 bridgehead atoms. The highest BCUT2D eigenvalue weighted by molar-refractivity contribution is 5.86. The summed E-state index contributed by atoms with van der Waals surface area (Å²) in [5.41, 5.74) is 11.7. The zero-order chi connectivity index (χ0) is 29.4. The molecule has 2 N–H and O–H groups in total. The maximum atomic E-state index is 3.78. The van der Waals surface area contributed by atoms with Gasteiger partial charge in [0, 0.05) is 59.4 Å². The minimum absolute atomic E-state index is 0.621. The summed E-state index contributed by atoms with van der Waals surface area (Å²) in [4.78, 5) is 18.6. The van der Waals surface area contributed by atoms with E-state index in [1.165, 1.54) is 148 Å². The number of hydrogen-bond donors (Lipinski definition) is 2. The molecule has 44 heavy (non-hydrogen) atoms. The lowest BCUT2D eigenvalue weighted by atomic mass is 9.90. The van der Waals surface area contributed by atoms with E-state index in [9.17, 15) is 0 Å². The summed E-state index contributed by atoms with van der Waals surface area (Å²) in [5, 5.41) is 2.95. The Morgan fingerprint density at radius 2 is 1.02 bits per heavy atom. The Labute approximate surface area is 262 Å². The smallest absolute Gasteiger partial charge is 0.0628 e. The van der Waals surface area contributed by atoms with E-state index in [0.29, 0.717) is 24.4 Å². The Kier molecular flexibility index (Phi) is 6.92. The number of fused-ring (bicyclic) bond motifs is 14. The topological polar surface area (TPSA) is 44.5 Å². The van der Waals surface area contributed by atoms with Crippen molar-refractivity contribution >= 4 is 21.8 Å². The van der Waals surface area contributed by atoms with E-state index in [1.807, 2.05) is 0 Å². The molecule has 0 radical (unpaired) electrons. The Morgan fingerprint density at radius 1 is 0.545 bits per heavy atom. The molecule has 0 saturated carbocycles. The van der Waals surface area contributed by atoms with Gasteiger partial charge in [-0.2, -0.15) is 0 Å². The lowest BCUT2D eigenvalue weighted by Crippen LogP contribution is -2.58. The highest BCUT2D eigenvalue weighted by atomic mass is 15.4. The van der Waals surface area contributed by atoms with Crippen LogP contribution < -0.4 is 0 Å². The predicted molar refractivity (Wildman–Crippen MR) is 180 cm³/mol. The first-order valence-corrected chi connectivity index (χ1v) is 17.8. The first-order chi connectivity index (χ1) is 21.6. The fraction of sp³-hybridized carbons (Fsp3) is 0.579. The fourth-order valence-electron chi connectivity index (χ4n) is 10.1. The number of aromatic nitrogens is 2. The number of aromatic amines is 2. The van der Waals surface area contributed by atoms with E-state index in [0.717, 1.165) is 0 Å². The monoisotopic (exact) mass is 590 g/mol. The number of H-pyrrole nitrogens is 2. The molecule has 10 rings (SSSR count). The van der Waals surface area contributed by atoms with Gasteiger partial charge in [-0.25, -0.2) is 0 Å². The van der Waals surface area contributed by atoms with Gasteiger partial charge in [-0.15, -0.1) is 0 Å². The van der Waals surface area contributed by atoms with Crippen molar-refractivity contribution < 1.29 is 0 Å². The van der Waals surface area contributed by atoms with E-state index in [4.69, 9.17) is 0 Å². The van der Waals surface area contributed by atoms with Crippen molar-refractivity contribution in [3.8, 4) is 0 Å². The Hall–Kier alpha value is -2.64. The van der Waals surface area contributed by atoms with Gasteiger partial charge in [-0.3, -0.25) is 19.6 Å². The molecule has 4 fully saturated rings. The normalized spacial score (nSPS) is 29.1. The van der Waals surface area contributed by atoms with E-state index in [-0.39, 0.29) is 0 Å². The van der Waals surface area contributed by atoms with Crippen LogP contribution in [0.2, 0.25) is 0 Å². The summed E-state index contributed by atoms with van der Waals surface area (Å²) >= 11 is 0. The lowest BCUT2D eigenvalue weighted by molar-refractivity contribution is -0.0600. The average molecular weight is 591 g/mol. The molecule has 2 aromatic heterocycles. The van der Waals surface area contributed by atoms with Crippen molar-refractivity contribution in [3.05, 3.63) is 70.0 Å². The second-order valence-electron chi connectivity index (χ2n) is 14.7. The number of hydrogen-bond acceptors (Lipinski definition) is 4. The summed E-state index contributed by atoms with van der Waals surface area (Å²) in [6.07, 6.45) is 14.7. The Balaban J connectivity index is 0.000000123. The van der Waals surface area contributed by atoms with Crippen molar-refractivity contribution in [3.63, 3.8) is 0 Å². The number of piperidine rings is 2. The van der Waals surface area contributed by atoms with Crippen molar-refractivity contribution in [1.29, 1.82) is 0 Å². The van der Waals surface area contributed by atoms with Crippen molar-refractivity contribution in [2.45, 2.75) is 102 Å². The molecule has 232 valence electrons. The minimum atomic E-state index is 0.621. The van der Waals surface area contributed by atoms with Gasteiger partial charge < -0.3 is 9.97 Å². The zero-order valence-electron chi connectivity index (χ0n) is 26.9. The molecule has 0 spiro atoms. The van der Waals surface area contributed by atoms with Gasteiger partial charge >= 0.3 is 0 Å². The molecule has 0 unspecified atom stereocenters. The highest BCUT2D eigenvalue weighted by Crippen LogP contribution is 2.43. The first-order valence-electron chi connectivity index (χ1n) is 17.8. The van der Waals surface area contributed by atoms with Crippen LogP contribution in [0.1, 0.15) is 97.1 Å². The molecule has 4 saturated heterocycles. The molecule has 8 heterocycles. The van der Waals surface area contributed by atoms with E-state index in [2.05, 4.69) is 79.8 Å². The minimum Gasteiger partial charge on any atom is -0.357 e. The molecule has 6 aliphatic rings. The number of aryl methyl sites for hydroxylation is 2. The summed E-state index contributed by atoms with van der Waals surface area (Å²) in [6, 6.07) is 15.0. The number of nitrogens with one attached hydrogen (secondary N) is 2. The largest absolute Gasteiger partial charge is 0.357 e. The molecule has 0 aliphatic carbocycles. The average Bonchev–Trinajstić information content (AvgIpc) is 3.62. The van der Waals surface area contributed by atoms with E-state index in [1.54, 1.807) is 11.1 Å². The summed E-state index contributed by atoms with van der Waals surface area (Å²) in [5.74, 6) is 0. The number of benzene rings is 2. The second kappa shape index (κ2) is 11.0. The molecule has 6 aliphatic heterocycles. The Morgan fingerprint density at radius 3 is 1.50 bits per heavy atom. The molecule has 6 heteroatoms. The van der Waals surface area contributed by atoms with Crippen LogP contribution in [-0.2, 0) is 12.8 Å².